The molecule has 1 unspecified atom stereocenters. The molecule has 0 bridgehead atoms. The first-order valence-corrected chi connectivity index (χ1v) is 7.54. The molecule has 3 heteroatoms. The smallest absolute Gasteiger partial charge is 0.309 e. The van der Waals surface area contributed by atoms with Gasteiger partial charge in [0.1, 0.15) is 0 Å². The van der Waals surface area contributed by atoms with Gasteiger partial charge >= 0.3 is 5.97 Å². The first-order chi connectivity index (χ1) is 8.67. The number of ether oxygens (including phenoxy) is 1. The van der Waals surface area contributed by atoms with Gasteiger partial charge in [0.05, 0.1) is 11.0 Å². The summed E-state index contributed by atoms with van der Waals surface area (Å²) >= 11 is 0. The zero-order chi connectivity index (χ0) is 12.6. The summed E-state index contributed by atoms with van der Waals surface area (Å²) in [7, 11) is 0. The fraction of sp³-hybridized carbons (Fsp3) is 0.933. The molecule has 1 saturated heterocycles. The normalized spacial score (nSPS) is 33.9. The molecule has 0 radical (unpaired) electrons. The summed E-state index contributed by atoms with van der Waals surface area (Å²) < 4.78 is 5.95. The van der Waals surface area contributed by atoms with E-state index in [2.05, 4.69) is 0 Å². The molecule has 3 aliphatic rings. The Balaban J connectivity index is 1.79. The Morgan fingerprint density at radius 3 is 2.33 bits per heavy atom. The van der Waals surface area contributed by atoms with E-state index in [0.29, 0.717) is 5.92 Å². The number of aliphatic carboxylic acids is 1. The van der Waals surface area contributed by atoms with E-state index in [1.54, 1.807) is 0 Å². The molecule has 102 valence electrons. The van der Waals surface area contributed by atoms with E-state index in [9.17, 15) is 9.90 Å². The topological polar surface area (TPSA) is 46.5 Å². The Hall–Kier alpha value is -0.570. The van der Waals surface area contributed by atoms with E-state index in [1.807, 2.05) is 0 Å². The molecule has 1 atom stereocenters. The number of rotatable bonds is 2. The SMILES string of the molecule is O=C(O)C1(C2CCOC3(CCC3)C2)CCCCC1. The molecule has 1 N–H and O–H groups in total. The van der Waals surface area contributed by atoms with Crippen molar-refractivity contribution in [2.24, 2.45) is 11.3 Å². The van der Waals surface area contributed by atoms with Crippen molar-refractivity contribution < 1.29 is 14.6 Å². The zero-order valence-electron chi connectivity index (χ0n) is 11.1. The Kier molecular flexibility index (Phi) is 3.13. The molecule has 0 aromatic heterocycles. The number of carboxylic acids is 1. The highest BCUT2D eigenvalue weighted by atomic mass is 16.5. The van der Waals surface area contributed by atoms with Crippen LogP contribution in [-0.2, 0) is 9.53 Å². The van der Waals surface area contributed by atoms with Crippen molar-refractivity contribution in [2.45, 2.75) is 69.8 Å². The van der Waals surface area contributed by atoms with E-state index < -0.39 is 11.4 Å². The highest BCUT2D eigenvalue weighted by Gasteiger charge is 2.52. The first-order valence-electron chi connectivity index (χ1n) is 7.54. The third-order valence-corrected chi connectivity index (χ3v) is 5.71. The number of carboxylic acid groups (broad SMARTS) is 1. The first kappa shape index (κ1) is 12.5. The molecule has 0 aromatic rings. The van der Waals surface area contributed by atoms with Crippen LogP contribution in [0.5, 0.6) is 0 Å². The van der Waals surface area contributed by atoms with Gasteiger partial charge in [0, 0.05) is 6.61 Å². The minimum atomic E-state index is -0.538. The van der Waals surface area contributed by atoms with E-state index in [4.69, 9.17) is 4.74 Å². The summed E-state index contributed by atoms with van der Waals surface area (Å²) in [6.45, 7) is 0.777. The van der Waals surface area contributed by atoms with E-state index in [-0.39, 0.29) is 5.60 Å². The molecule has 2 saturated carbocycles. The lowest BCUT2D eigenvalue weighted by Gasteiger charge is -2.52. The van der Waals surface area contributed by atoms with E-state index >= 15 is 0 Å². The van der Waals surface area contributed by atoms with Crippen molar-refractivity contribution in [3.63, 3.8) is 0 Å². The second-order valence-corrected chi connectivity index (χ2v) is 6.60. The Morgan fingerprint density at radius 2 is 1.78 bits per heavy atom. The Bertz CT molecular complexity index is 327. The van der Waals surface area contributed by atoms with Crippen molar-refractivity contribution in [3.8, 4) is 0 Å². The van der Waals surface area contributed by atoms with Gasteiger partial charge in [0.15, 0.2) is 0 Å². The molecule has 0 amide bonds. The Morgan fingerprint density at radius 1 is 1.06 bits per heavy atom. The quantitative estimate of drug-likeness (QED) is 0.819. The summed E-state index contributed by atoms with van der Waals surface area (Å²) in [6, 6.07) is 0. The average molecular weight is 252 g/mol. The molecule has 3 rings (SSSR count). The van der Waals surface area contributed by atoms with Crippen LogP contribution in [0.15, 0.2) is 0 Å². The van der Waals surface area contributed by atoms with Crippen LogP contribution in [-0.4, -0.2) is 23.3 Å². The maximum atomic E-state index is 11.9. The highest BCUT2D eigenvalue weighted by Crippen LogP contribution is 2.53. The van der Waals surface area contributed by atoms with Gasteiger partial charge in [-0.15, -0.1) is 0 Å². The molecular weight excluding hydrogens is 228 g/mol. The van der Waals surface area contributed by atoms with Gasteiger partial charge < -0.3 is 9.84 Å². The third-order valence-electron chi connectivity index (χ3n) is 5.71. The lowest BCUT2D eigenvalue weighted by Crippen LogP contribution is -2.51. The second kappa shape index (κ2) is 4.52. The van der Waals surface area contributed by atoms with Gasteiger partial charge in [-0.1, -0.05) is 19.3 Å². The van der Waals surface area contributed by atoms with Crippen molar-refractivity contribution in [2.75, 3.05) is 6.61 Å². The number of hydrogen-bond donors (Lipinski definition) is 1. The molecule has 3 fully saturated rings. The van der Waals surface area contributed by atoms with Crippen LogP contribution in [0.25, 0.3) is 0 Å². The molecule has 1 aliphatic heterocycles. The zero-order valence-corrected chi connectivity index (χ0v) is 11.1. The van der Waals surface area contributed by atoms with Gasteiger partial charge in [0.2, 0.25) is 0 Å². The summed E-state index contributed by atoms with van der Waals surface area (Å²) in [5.41, 5.74) is -0.354. The lowest BCUT2D eigenvalue weighted by atomic mass is 9.59. The van der Waals surface area contributed by atoms with Crippen molar-refractivity contribution in [1.29, 1.82) is 0 Å². The average Bonchev–Trinajstić information content (AvgIpc) is 2.38. The molecule has 3 nitrogen and oxygen atoms in total. The minimum absolute atomic E-state index is 0.0722. The van der Waals surface area contributed by atoms with Crippen molar-refractivity contribution >= 4 is 5.97 Å². The van der Waals surface area contributed by atoms with Gasteiger partial charge in [-0.3, -0.25) is 4.79 Å². The standard InChI is InChI=1S/C15H24O3/c16-13(17)15(8-2-1-3-9-15)12-5-10-18-14(11-12)6-4-7-14/h12H,1-11H2,(H,16,17). The maximum Gasteiger partial charge on any atom is 0.309 e. The van der Waals surface area contributed by atoms with Crippen LogP contribution in [0.3, 0.4) is 0 Å². The molecule has 2 aliphatic carbocycles. The monoisotopic (exact) mass is 252 g/mol. The molecular formula is C15H24O3. The molecule has 0 aromatic carbocycles. The Labute approximate surface area is 109 Å². The van der Waals surface area contributed by atoms with Gasteiger partial charge in [-0.25, -0.2) is 0 Å². The fourth-order valence-electron chi connectivity index (χ4n) is 4.40. The fourth-order valence-corrected chi connectivity index (χ4v) is 4.40. The predicted molar refractivity (Wildman–Crippen MR) is 68.4 cm³/mol. The largest absolute Gasteiger partial charge is 0.481 e. The summed E-state index contributed by atoms with van der Waals surface area (Å²) in [6.07, 6.45) is 10.7. The minimum Gasteiger partial charge on any atom is -0.481 e. The van der Waals surface area contributed by atoms with Gasteiger partial charge in [-0.2, -0.15) is 0 Å². The van der Waals surface area contributed by atoms with Crippen molar-refractivity contribution in [3.05, 3.63) is 0 Å². The predicted octanol–water partition coefficient (Wildman–Crippen LogP) is 3.37. The number of carbonyl (C=O) groups is 1. The lowest BCUT2D eigenvalue weighted by molar-refractivity contribution is -0.180. The van der Waals surface area contributed by atoms with Crippen molar-refractivity contribution in [1.82, 2.24) is 0 Å². The third kappa shape index (κ3) is 1.87. The summed E-state index contributed by atoms with van der Waals surface area (Å²) in [4.78, 5) is 11.9. The molecule has 1 heterocycles. The highest BCUT2D eigenvalue weighted by molar-refractivity contribution is 5.75. The second-order valence-electron chi connectivity index (χ2n) is 6.60. The maximum absolute atomic E-state index is 11.9. The summed E-state index contributed by atoms with van der Waals surface area (Å²) in [5, 5.41) is 9.76. The van der Waals surface area contributed by atoms with Gasteiger partial charge in [-0.05, 0) is 50.9 Å². The number of hydrogen-bond acceptors (Lipinski definition) is 2. The molecule has 1 spiro atoms. The summed E-state index contributed by atoms with van der Waals surface area (Å²) in [5.74, 6) is -0.187. The van der Waals surface area contributed by atoms with Crippen LogP contribution in [0.1, 0.15) is 64.2 Å². The van der Waals surface area contributed by atoms with Crippen LogP contribution >= 0.6 is 0 Å². The van der Waals surface area contributed by atoms with Gasteiger partial charge in [0.25, 0.3) is 0 Å². The van der Waals surface area contributed by atoms with Crippen LogP contribution in [0.4, 0.5) is 0 Å². The van der Waals surface area contributed by atoms with Crippen LogP contribution in [0, 0.1) is 11.3 Å². The van der Waals surface area contributed by atoms with Crippen LogP contribution < -0.4 is 0 Å². The van der Waals surface area contributed by atoms with Crippen LogP contribution in [0.2, 0.25) is 0 Å². The van der Waals surface area contributed by atoms with E-state index in [1.165, 1.54) is 12.8 Å². The van der Waals surface area contributed by atoms with E-state index in [0.717, 1.165) is 58.0 Å². The molecule has 18 heavy (non-hydrogen) atoms.